The molecule has 4 aromatic rings. The first-order chi connectivity index (χ1) is 15.4. The molecule has 2 heterocycles. The zero-order valence-electron chi connectivity index (χ0n) is 18.0. The summed E-state index contributed by atoms with van der Waals surface area (Å²) in [6.45, 7) is 6.48. The summed E-state index contributed by atoms with van der Waals surface area (Å²) < 4.78 is 6.98. The van der Waals surface area contributed by atoms with Gasteiger partial charge in [0.05, 0.1) is 12.4 Å². The Morgan fingerprint density at radius 3 is 2.50 bits per heavy atom. The minimum Gasteiger partial charge on any atom is -0.494 e. The van der Waals surface area contributed by atoms with Crippen LogP contribution in [0.4, 0.5) is 5.69 Å². The number of benzene rings is 2. The third kappa shape index (κ3) is 5.00. The summed E-state index contributed by atoms with van der Waals surface area (Å²) in [5.41, 5.74) is 3.85. The first-order valence-corrected chi connectivity index (χ1v) is 11.1. The molecule has 0 aliphatic carbocycles. The molecule has 1 amide bonds. The lowest BCUT2D eigenvalue weighted by molar-refractivity contribution is -0.113. The SMILES string of the molecule is CCOc1ccc(-c2nc(SCC(=O)Nc3cc(C)cc(C)c3)n3[nH]c(=O)cc3n2)cc1. The van der Waals surface area contributed by atoms with Crippen molar-refractivity contribution in [3.8, 4) is 17.1 Å². The van der Waals surface area contributed by atoms with Crippen molar-refractivity contribution in [3.05, 3.63) is 70.0 Å². The van der Waals surface area contributed by atoms with Crippen molar-refractivity contribution in [1.82, 2.24) is 19.6 Å². The third-order valence-corrected chi connectivity index (χ3v) is 5.52. The maximum Gasteiger partial charge on any atom is 0.266 e. The van der Waals surface area contributed by atoms with Crippen LogP contribution >= 0.6 is 11.8 Å². The van der Waals surface area contributed by atoms with E-state index in [2.05, 4.69) is 20.4 Å². The molecule has 0 saturated heterocycles. The van der Waals surface area contributed by atoms with Crippen molar-refractivity contribution in [1.29, 1.82) is 0 Å². The van der Waals surface area contributed by atoms with E-state index in [9.17, 15) is 9.59 Å². The molecule has 32 heavy (non-hydrogen) atoms. The molecule has 0 aliphatic rings. The van der Waals surface area contributed by atoms with E-state index in [1.165, 1.54) is 22.3 Å². The standard InChI is InChI=1S/C23H23N5O3S/c1-4-31-18-7-5-16(6-8-18)22-25-19-12-20(29)27-28(19)23(26-22)32-13-21(30)24-17-10-14(2)9-15(3)11-17/h5-12H,4,13H2,1-3H3,(H,24,30)(H,27,29). The molecule has 0 unspecified atom stereocenters. The van der Waals surface area contributed by atoms with Gasteiger partial charge in [0.15, 0.2) is 16.6 Å². The van der Waals surface area contributed by atoms with Crippen LogP contribution in [0.15, 0.2) is 58.5 Å². The Kier molecular flexibility index (Phi) is 6.27. The number of nitrogens with zero attached hydrogens (tertiary/aromatic N) is 3. The Bertz CT molecular complexity index is 1310. The highest BCUT2D eigenvalue weighted by Crippen LogP contribution is 2.24. The van der Waals surface area contributed by atoms with E-state index in [0.29, 0.717) is 23.2 Å². The van der Waals surface area contributed by atoms with Gasteiger partial charge in [-0.05, 0) is 68.3 Å². The van der Waals surface area contributed by atoms with E-state index in [4.69, 9.17) is 4.74 Å². The molecule has 0 bridgehead atoms. The van der Waals surface area contributed by atoms with Gasteiger partial charge < -0.3 is 10.1 Å². The van der Waals surface area contributed by atoms with Gasteiger partial charge in [-0.1, -0.05) is 17.8 Å². The van der Waals surface area contributed by atoms with Crippen molar-refractivity contribution >= 4 is 29.0 Å². The Morgan fingerprint density at radius 2 is 1.81 bits per heavy atom. The lowest BCUT2D eigenvalue weighted by atomic mass is 10.1. The van der Waals surface area contributed by atoms with Gasteiger partial charge >= 0.3 is 0 Å². The number of anilines is 1. The topological polar surface area (TPSA) is 101 Å². The average Bonchev–Trinajstić information content (AvgIpc) is 3.12. The number of nitrogens with one attached hydrogen (secondary N) is 2. The highest BCUT2D eigenvalue weighted by molar-refractivity contribution is 7.99. The monoisotopic (exact) mass is 449 g/mol. The number of fused-ring (bicyclic) bond motifs is 1. The minimum atomic E-state index is -0.287. The molecule has 0 radical (unpaired) electrons. The van der Waals surface area contributed by atoms with Gasteiger partial charge in [-0.15, -0.1) is 0 Å². The predicted molar refractivity (Wildman–Crippen MR) is 125 cm³/mol. The van der Waals surface area contributed by atoms with E-state index in [0.717, 1.165) is 28.1 Å². The first-order valence-electron chi connectivity index (χ1n) is 10.2. The first kappa shape index (κ1) is 21.6. The Hall–Kier alpha value is -3.59. The van der Waals surface area contributed by atoms with Gasteiger partial charge in [-0.2, -0.15) is 0 Å². The fourth-order valence-electron chi connectivity index (χ4n) is 3.35. The van der Waals surface area contributed by atoms with E-state index < -0.39 is 0 Å². The number of carbonyl (C=O) groups excluding carboxylic acids is 1. The summed E-state index contributed by atoms with van der Waals surface area (Å²) in [4.78, 5) is 33.5. The smallest absolute Gasteiger partial charge is 0.266 e. The maximum absolute atomic E-state index is 12.5. The van der Waals surface area contributed by atoms with Gasteiger partial charge in [0, 0.05) is 17.3 Å². The van der Waals surface area contributed by atoms with E-state index in [1.54, 1.807) is 0 Å². The van der Waals surface area contributed by atoms with Crippen LogP contribution in [0.5, 0.6) is 5.75 Å². The number of H-pyrrole nitrogens is 1. The highest BCUT2D eigenvalue weighted by atomic mass is 32.2. The van der Waals surface area contributed by atoms with Crippen LogP contribution in [0.1, 0.15) is 18.1 Å². The van der Waals surface area contributed by atoms with Crippen molar-refractivity contribution in [3.63, 3.8) is 0 Å². The summed E-state index contributed by atoms with van der Waals surface area (Å²) in [7, 11) is 0. The number of ether oxygens (including phenoxy) is 1. The van der Waals surface area contributed by atoms with Crippen molar-refractivity contribution in [2.24, 2.45) is 0 Å². The van der Waals surface area contributed by atoms with Crippen molar-refractivity contribution < 1.29 is 9.53 Å². The van der Waals surface area contributed by atoms with Gasteiger partial charge in [0.25, 0.3) is 5.56 Å². The molecule has 9 heteroatoms. The number of amides is 1. The van der Waals surface area contributed by atoms with Crippen molar-refractivity contribution in [2.45, 2.75) is 25.9 Å². The van der Waals surface area contributed by atoms with E-state index in [-0.39, 0.29) is 17.2 Å². The van der Waals surface area contributed by atoms with Crippen LogP contribution in [0.2, 0.25) is 0 Å². The third-order valence-electron chi connectivity index (χ3n) is 4.59. The lowest BCUT2D eigenvalue weighted by Gasteiger charge is -2.09. The van der Waals surface area contributed by atoms with Crippen LogP contribution in [0, 0.1) is 13.8 Å². The number of carbonyl (C=O) groups is 1. The summed E-state index contributed by atoms with van der Waals surface area (Å²) in [6, 6.07) is 14.7. The predicted octanol–water partition coefficient (Wildman–Crippen LogP) is 3.83. The molecule has 0 atom stereocenters. The fourth-order valence-corrected chi connectivity index (χ4v) is 4.10. The second-order valence-electron chi connectivity index (χ2n) is 7.31. The van der Waals surface area contributed by atoms with Crippen LogP contribution in [-0.4, -0.2) is 37.8 Å². The van der Waals surface area contributed by atoms with Crippen LogP contribution in [0.25, 0.3) is 17.0 Å². The number of hydrogen-bond acceptors (Lipinski definition) is 6. The fraction of sp³-hybridized carbons (Fsp3) is 0.217. The van der Waals surface area contributed by atoms with Crippen LogP contribution < -0.4 is 15.6 Å². The lowest BCUT2D eigenvalue weighted by Crippen LogP contribution is -2.15. The molecular formula is C23H23N5O3S. The van der Waals surface area contributed by atoms with Gasteiger partial charge in [0.2, 0.25) is 5.91 Å². The molecule has 0 saturated carbocycles. The zero-order chi connectivity index (χ0) is 22.7. The molecule has 2 N–H and O–H groups in total. The van der Waals surface area contributed by atoms with E-state index in [1.807, 2.05) is 63.2 Å². The number of hydrogen-bond donors (Lipinski definition) is 2. The number of aromatic nitrogens is 4. The molecule has 2 aromatic carbocycles. The second kappa shape index (κ2) is 9.27. The maximum atomic E-state index is 12.5. The van der Waals surface area contributed by atoms with Crippen LogP contribution in [0.3, 0.4) is 0 Å². The molecule has 0 aliphatic heterocycles. The molecule has 2 aromatic heterocycles. The normalized spacial score (nSPS) is 11.0. The quantitative estimate of drug-likeness (QED) is 0.416. The summed E-state index contributed by atoms with van der Waals surface area (Å²) >= 11 is 1.22. The Labute approximate surface area is 189 Å². The molecule has 4 rings (SSSR count). The number of aromatic amines is 1. The number of aryl methyl sites for hydroxylation is 2. The molecule has 8 nitrogen and oxygen atoms in total. The molecule has 164 valence electrons. The summed E-state index contributed by atoms with van der Waals surface area (Å²) in [5, 5.41) is 6.07. The average molecular weight is 450 g/mol. The molecule has 0 spiro atoms. The molecule has 0 fully saturated rings. The van der Waals surface area contributed by atoms with Gasteiger partial charge in [-0.25, -0.2) is 14.5 Å². The minimum absolute atomic E-state index is 0.127. The second-order valence-corrected chi connectivity index (χ2v) is 8.26. The highest BCUT2D eigenvalue weighted by Gasteiger charge is 2.14. The van der Waals surface area contributed by atoms with Crippen molar-refractivity contribution in [2.75, 3.05) is 17.7 Å². The molecular weight excluding hydrogens is 426 g/mol. The number of thioether (sulfide) groups is 1. The van der Waals surface area contributed by atoms with Crippen LogP contribution in [-0.2, 0) is 4.79 Å². The largest absolute Gasteiger partial charge is 0.494 e. The van der Waals surface area contributed by atoms with Gasteiger partial charge in [-0.3, -0.25) is 14.7 Å². The van der Waals surface area contributed by atoms with Gasteiger partial charge in [0.1, 0.15) is 5.75 Å². The summed E-state index contributed by atoms with van der Waals surface area (Å²) in [6.07, 6.45) is 0. The Balaban J connectivity index is 1.57. The number of rotatable bonds is 7. The summed E-state index contributed by atoms with van der Waals surface area (Å²) in [5.74, 6) is 1.18. The van der Waals surface area contributed by atoms with E-state index >= 15 is 0 Å². The zero-order valence-corrected chi connectivity index (χ0v) is 18.8. The Morgan fingerprint density at radius 1 is 1.09 bits per heavy atom.